The molecule has 0 spiro atoms. The lowest BCUT2D eigenvalue weighted by Crippen LogP contribution is -2.39. The summed E-state index contributed by atoms with van der Waals surface area (Å²) in [7, 11) is -5.81. The van der Waals surface area contributed by atoms with Crippen LogP contribution in [0.1, 0.15) is 24.9 Å². The smallest absolute Gasteiger partial charge is 0.243 e. The number of hydrogen-bond donors (Lipinski definition) is 1. The third-order valence-electron chi connectivity index (χ3n) is 4.34. The van der Waals surface area contributed by atoms with Crippen molar-refractivity contribution in [1.82, 2.24) is 9.62 Å². The fourth-order valence-electron chi connectivity index (χ4n) is 2.68. The maximum absolute atomic E-state index is 12.6. The van der Waals surface area contributed by atoms with Gasteiger partial charge in [-0.15, -0.1) is 0 Å². The van der Waals surface area contributed by atoms with E-state index in [0.717, 1.165) is 16.1 Å². The van der Waals surface area contributed by atoms with Crippen molar-refractivity contribution < 1.29 is 21.6 Å². The molecule has 0 fully saturated rings. The van der Waals surface area contributed by atoms with Gasteiger partial charge in [-0.05, 0) is 48.4 Å². The van der Waals surface area contributed by atoms with Gasteiger partial charge >= 0.3 is 0 Å². The highest BCUT2D eigenvalue weighted by molar-refractivity contribution is 7.90. The van der Waals surface area contributed by atoms with E-state index in [0.29, 0.717) is 11.4 Å². The molecule has 0 unspecified atom stereocenters. The minimum Gasteiger partial charge on any atom is -0.348 e. The SMILES string of the molecule is CC[C@@H](NC(=O)CN(C)S(=O)(=O)c1ccc(Cl)cc1)c1ccc(S(C)(=O)=O)cc1. The Labute approximate surface area is 176 Å². The molecule has 0 aliphatic heterocycles. The van der Waals surface area contributed by atoms with E-state index < -0.39 is 25.8 Å². The van der Waals surface area contributed by atoms with Crippen LogP contribution in [0.25, 0.3) is 0 Å². The van der Waals surface area contributed by atoms with Crippen molar-refractivity contribution in [1.29, 1.82) is 0 Å². The number of sulfonamides is 1. The molecule has 1 amide bonds. The first-order valence-corrected chi connectivity index (χ1v) is 12.5. The summed E-state index contributed by atoms with van der Waals surface area (Å²) in [6.45, 7) is 1.51. The van der Waals surface area contributed by atoms with Crippen molar-refractivity contribution in [3.8, 4) is 0 Å². The van der Waals surface area contributed by atoms with Crippen LogP contribution in [0.4, 0.5) is 0 Å². The van der Waals surface area contributed by atoms with E-state index in [-0.39, 0.29) is 22.4 Å². The average molecular weight is 459 g/mol. The summed E-state index contributed by atoms with van der Waals surface area (Å²) in [5.41, 5.74) is 0.733. The Balaban J connectivity index is 2.08. The van der Waals surface area contributed by atoms with E-state index in [9.17, 15) is 21.6 Å². The Hall–Kier alpha value is -1.94. The van der Waals surface area contributed by atoms with E-state index in [1.807, 2.05) is 6.92 Å². The van der Waals surface area contributed by atoms with E-state index >= 15 is 0 Å². The third-order valence-corrected chi connectivity index (χ3v) is 7.54. The summed E-state index contributed by atoms with van der Waals surface area (Å²) in [5.74, 6) is -0.468. The summed E-state index contributed by atoms with van der Waals surface area (Å²) >= 11 is 5.79. The lowest BCUT2D eigenvalue weighted by atomic mass is 10.0. The fraction of sp³-hybridized carbons (Fsp3) is 0.316. The molecule has 1 atom stereocenters. The zero-order valence-corrected chi connectivity index (χ0v) is 18.7. The minimum atomic E-state index is -3.83. The first-order valence-electron chi connectivity index (χ1n) is 8.76. The van der Waals surface area contributed by atoms with Crippen molar-refractivity contribution in [2.45, 2.75) is 29.2 Å². The van der Waals surface area contributed by atoms with Crippen molar-refractivity contribution in [3.63, 3.8) is 0 Å². The van der Waals surface area contributed by atoms with Gasteiger partial charge in [-0.25, -0.2) is 16.8 Å². The summed E-state index contributed by atoms with van der Waals surface area (Å²) in [6, 6.07) is 11.6. The topological polar surface area (TPSA) is 101 Å². The van der Waals surface area contributed by atoms with Gasteiger partial charge < -0.3 is 5.32 Å². The van der Waals surface area contributed by atoms with Crippen molar-refractivity contribution in [2.75, 3.05) is 19.8 Å². The van der Waals surface area contributed by atoms with Crippen LogP contribution in [-0.4, -0.2) is 46.9 Å². The molecule has 10 heteroatoms. The highest BCUT2D eigenvalue weighted by Gasteiger charge is 2.24. The van der Waals surface area contributed by atoms with Crippen molar-refractivity contribution in [2.24, 2.45) is 0 Å². The van der Waals surface area contributed by atoms with Crippen LogP contribution in [0.15, 0.2) is 58.3 Å². The van der Waals surface area contributed by atoms with Crippen LogP contribution in [0.2, 0.25) is 5.02 Å². The molecule has 2 aromatic rings. The van der Waals surface area contributed by atoms with Gasteiger partial charge in [-0.1, -0.05) is 30.7 Å². The second kappa shape index (κ2) is 9.25. The van der Waals surface area contributed by atoms with Gasteiger partial charge in [0.1, 0.15) is 0 Å². The predicted molar refractivity (Wildman–Crippen MR) is 112 cm³/mol. The maximum atomic E-state index is 12.6. The molecule has 1 N–H and O–H groups in total. The van der Waals surface area contributed by atoms with E-state index in [1.54, 1.807) is 12.1 Å². The number of hydrogen-bond acceptors (Lipinski definition) is 5. The molecule has 0 radical (unpaired) electrons. The van der Waals surface area contributed by atoms with Gasteiger partial charge in [0.15, 0.2) is 9.84 Å². The molecule has 0 aliphatic rings. The number of nitrogens with one attached hydrogen (secondary N) is 1. The summed E-state index contributed by atoms with van der Waals surface area (Å²) in [4.78, 5) is 12.7. The van der Waals surface area contributed by atoms with Gasteiger partial charge in [-0.2, -0.15) is 4.31 Å². The molecular weight excluding hydrogens is 436 g/mol. The third kappa shape index (κ3) is 6.02. The highest BCUT2D eigenvalue weighted by atomic mass is 35.5. The number of halogens is 1. The molecule has 29 heavy (non-hydrogen) atoms. The summed E-state index contributed by atoms with van der Waals surface area (Å²) in [6.07, 6.45) is 1.68. The van der Waals surface area contributed by atoms with E-state index in [2.05, 4.69) is 5.32 Å². The van der Waals surface area contributed by atoms with E-state index in [4.69, 9.17) is 11.6 Å². The van der Waals surface area contributed by atoms with Crippen molar-refractivity contribution >= 4 is 37.4 Å². The zero-order chi connectivity index (χ0) is 21.8. The number of sulfone groups is 1. The van der Waals surface area contributed by atoms with Gasteiger partial charge in [0.05, 0.1) is 22.4 Å². The maximum Gasteiger partial charge on any atom is 0.243 e. The standard InChI is InChI=1S/C19H23ClN2O5S2/c1-4-18(14-5-9-16(10-6-14)28(3,24)25)21-19(23)13-22(2)29(26,27)17-11-7-15(20)8-12-17/h5-12,18H,4,13H2,1-3H3,(H,21,23)/t18-/m1/s1. The Kier molecular flexibility index (Phi) is 7.45. The number of carbonyl (C=O) groups excluding carboxylic acids is 1. The van der Waals surface area contributed by atoms with Gasteiger partial charge in [-0.3, -0.25) is 4.79 Å². The molecule has 7 nitrogen and oxygen atoms in total. The Bertz CT molecular complexity index is 1070. The lowest BCUT2D eigenvalue weighted by Gasteiger charge is -2.21. The van der Waals surface area contributed by atoms with Crippen LogP contribution in [0.5, 0.6) is 0 Å². The molecule has 0 aliphatic carbocycles. The number of likely N-dealkylation sites (N-methyl/N-ethyl adjacent to an activating group) is 1. The van der Waals surface area contributed by atoms with Crippen LogP contribution in [0, 0.1) is 0 Å². The largest absolute Gasteiger partial charge is 0.348 e. The fourth-order valence-corrected chi connectivity index (χ4v) is 4.57. The number of rotatable bonds is 8. The first-order chi connectivity index (χ1) is 13.4. The highest BCUT2D eigenvalue weighted by Crippen LogP contribution is 2.20. The number of carbonyl (C=O) groups is 1. The first kappa shape index (κ1) is 23.3. The monoisotopic (exact) mass is 458 g/mol. The van der Waals surface area contributed by atoms with Gasteiger partial charge in [0, 0.05) is 18.3 Å². The molecule has 0 saturated heterocycles. The number of nitrogens with zero attached hydrogens (tertiary/aromatic N) is 1. The normalized spacial score (nSPS) is 13.3. The Morgan fingerprint density at radius 3 is 2.00 bits per heavy atom. The van der Waals surface area contributed by atoms with Gasteiger partial charge in [0.2, 0.25) is 15.9 Å². The molecule has 2 rings (SSSR count). The average Bonchev–Trinajstić information content (AvgIpc) is 2.65. The van der Waals surface area contributed by atoms with Crippen LogP contribution < -0.4 is 5.32 Å². The molecule has 2 aromatic carbocycles. The van der Waals surface area contributed by atoms with Gasteiger partial charge in [0.25, 0.3) is 0 Å². The molecular formula is C19H23ClN2O5S2. The zero-order valence-electron chi connectivity index (χ0n) is 16.3. The lowest BCUT2D eigenvalue weighted by molar-refractivity contribution is -0.121. The molecule has 0 heterocycles. The van der Waals surface area contributed by atoms with Crippen LogP contribution in [-0.2, 0) is 24.7 Å². The summed E-state index contributed by atoms with van der Waals surface area (Å²) in [5, 5.41) is 3.20. The Morgan fingerprint density at radius 1 is 1.00 bits per heavy atom. The quantitative estimate of drug-likeness (QED) is 0.655. The Morgan fingerprint density at radius 2 is 1.52 bits per heavy atom. The second-order valence-corrected chi connectivity index (χ2v) is 11.1. The second-order valence-electron chi connectivity index (χ2n) is 6.58. The molecule has 158 valence electrons. The van der Waals surface area contributed by atoms with Crippen LogP contribution >= 0.6 is 11.6 Å². The summed E-state index contributed by atoms with van der Waals surface area (Å²) < 4.78 is 49.3. The van der Waals surface area contributed by atoms with Crippen molar-refractivity contribution in [3.05, 3.63) is 59.1 Å². The molecule has 0 bridgehead atoms. The van der Waals surface area contributed by atoms with E-state index in [1.165, 1.54) is 43.4 Å². The molecule has 0 saturated carbocycles. The number of benzene rings is 2. The van der Waals surface area contributed by atoms with Crippen LogP contribution in [0.3, 0.4) is 0 Å². The predicted octanol–water partition coefficient (Wildman–Crippen LogP) is 2.63. The minimum absolute atomic E-state index is 0.0422. The number of amides is 1. The molecule has 0 aromatic heterocycles.